The van der Waals surface area contributed by atoms with E-state index in [4.69, 9.17) is 0 Å². The minimum absolute atomic E-state index is 0.0250. The SMILES string of the molecule is CCCC.O=c1c2cccc3cccc(c32)c2nc3cnccc3n12. The topological polar surface area (TPSA) is 47.3 Å². The van der Waals surface area contributed by atoms with E-state index in [2.05, 4.69) is 23.8 Å². The van der Waals surface area contributed by atoms with Gasteiger partial charge in [-0.3, -0.25) is 14.2 Å². The van der Waals surface area contributed by atoms with Gasteiger partial charge in [-0.15, -0.1) is 0 Å². The summed E-state index contributed by atoms with van der Waals surface area (Å²) in [6.45, 7) is 4.36. The first-order chi connectivity index (χ1) is 12.3. The van der Waals surface area contributed by atoms with E-state index >= 15 is 0 Å². The van der Waals surface area contributed by atoms with Gasteiger partial charge in [0.05, 0.1) is 11.7 Å². The summed E-state index contributed by atoms with van der Waals surface area (Å²) >= 11 is 0. The van der Waals surface area contributed by atoms with Gasteiger partial charge >= 0.3 is 0 Å². The predicted octanol–water partition coefficient (Wildman–Crippen LogP) is 4.79. The zero-order valence-corrected chi connectivity index (χ0v) is 14.4. The van der Waals surface area contributed by atoms with Crippen molar-refractivity contribution in [3.63, 3.8) is 0 Å². The van der Waals surface area contributed by atoms with Crippen LogP contribution in [0.3, 0.4) is 0 Å². The lowest BCUT2D eigenvalue weighted by Gasteiger charge is -2.06. The van der Waals surface area contributed by atoms with E-state index in [1.165, 1.54) is 12.8 Å². The first kappa shape index (κ1) is 15.5. The van der Waals surface area contributed by atoms with Gasteiger partial charge in [0, 0.05) is 22.4 Å². The standard InChI is InChI=1S/C17H9N3O.C4H10/c21-17-12-6-2-4-10-3-1-5-11(15(10)12)16-19-13-9-18-8-7-14(13)20(16)17;1-3-4-2/h1-9H;3-4H2,1-2H3. The summed E-state index contributed by atoms with van der Waals surface area (Å²) in [5, 5.41) is 3.78. The van der Waals surface area contributed by atoms with Crippen molar-refractivity contribution in [2.24, 2.45) is 0 Å². The fourth-order valence-corrected chi connectivity index (χ4v) is 3.14. The quantitative estimate of drug-likeness (QED) is 0.444. The number of nitrogens with zero attached hydrogens (tertiary/aromatic N) is 3. The molecule has 0 amide bonds. The Kier molecular flexibility index (Phi) is 3.80. The van der Waals surface area contributed by atoms with Gasteiger partial charge in [-0.25, -0.2) is 4.98 Å². The molecule has 3 heterocycles. The Bertz CT molecular complexity index is 1230. The van der Waals surface area contributed by atoms with E-state index in [1.807, 2.05) is 42.5 Å². The van der Waals surface area contributed by atoms with E-state index in [-0.39, 0.29) is 5.56 Å². The molecule has 3 aromatic heterocycles. The second-order valence-electron chi connectivity index (χ2n) is 6.15. The molecule has 0 aliphatic heterocycles. The molecule has 0 saturated heterocycles. The van der Waals surface area contributed by atoms with Crippen molar-refractivity contribution >= 4 is 38.2 Å². The van der Waals surface area contributed by atoms with Crippen molar-refractivity contribution in [3.8, 4) is 0 Å². The van der Waals surface area contributed by atoms with Crippen LogP contribution in [0.15, 0.2) is 59.7 Å². The third-order valence-corrected chi connectivity index (χ3v) is 4.54. The Hall–Kier alpha value is -3.01. The Morgan fingerprint density at radius 3 is 2.40 bits per heavy atom. The molecule has 0 radical (unpaired) electrons. The number of fused-ring (bicyclic) bond motifs is 4. The maximum atomic E-state index is 12.9. The molecular weight excluding hydrogens is 310 g/mol. The van der Waals surface area contributed by atoms with Crippen LogP contribution in [0.4, 0.5) is 0 Å². The van der Waals surface area contributed by atoms with E-state index in [0.29, 0.717) is 5.65 Å². The van der Waals surface area contributed by atoms with Crippen molar-refractivity contribution in [2.75, 3.05) is 0 Å². The van der Waals surface area contributed by atoms with Gasteiger partial charge in [-0.2, -0.15) is 0 Å². The average molecular weight is 329 g/mol. The first-order valence-electron chi connectivity index (χ1n) is 8.65. The fourth-order valence-electron chi connectivity index (χ4n) is 3.14. The average Bonchev–Trinajstić information content (AvgIpc) is 3.06. The molecule has 0 atom stereocenters. The molecule has 5 rings (SSSR count). The summed E-state index contributed by atoms with van der Waals surface area (Å²) in [4.78, 5) is 21.6. The third-order valence-electron chi connectivity index (χ3n) is 4.54. The predicted molar refractivity (Wildman–Crippen MR) is 104 cm³/mol. The summed E-state index contributed by atoms with van der Waals surface area (Å²) in [7, 11) is 0. The zero-order valence-electron chi connectivity index (χ0n) is 14.4. The normalized spacial score (nSPS) is 11.3. The fraction of sp³-hybridized carbons (Fsp3) is 0.190. The first-order valence-corrected chi connectivity index (χ1v) is 8.65. The highest BCUT2D eigenvalue weighted by Gasteiger charge is 2.15. The summed E-state index contributed by atoms with van der Waals surface area (Å²) < 4.78 is 1.69. The number of benzene rings is 2. The minimum atomic E-state index is -0.0250. The largest absolute Gasteiger partial charge is 0.268 e. The van der Waals surface area contributed by atoms with Crippen LogP contribution in [0.25, 0.3) is 38.2 Å². The van der Waals surface area contributed by atoms with Gasteiger partial charge in [0.25, 0.3) is 5.56 Å². The van der Waals surface area contributed by atoms with Crippen molar-refractivity contribution < 1.29 is 0 Å². The van der Waals surface area contributed by atoms with E-state index < -0.39 is 0 Å². The molecular formula is C21H19N3O. The third kappa shape index (κ3) is 2.33. The molecule has 0 bridgehead atoms. The lowest BCUT2D eigenvalue weighted by atomic mass is 10.0. The molecule has 0 unspecified atom stereocenters. The molecule has 0 spiro atoms. The maximum absolute atomic E-state index is 12.9. The molecule has 0 fully saturated rings. The van der Waals surface area contributed by atoms with Crippen molar-refractivity contribution in [3.05, 3.63) is 65.2 Å². The Morgan fingerprint density at radius 1 is 0.960 bits per heavy atom. The number of rotatable bonds is 1. The number of pyridine rings is 2. The molecule has 25 heavy (non-hydrogen) atoms. The molecule has 124 valence electrons. The van der Waals surface area contributed by atoms with E-state index in [1.54, 1.807) is 16.8 Å². The number of imidazole rings is 1. The lowest BCUT2D eigenvalue weighted by Crippen LogP contribution is -2.13. The maximum Gasteiger partial charge on any atom is 0.264 e. The highest BCUT2D eigenvalue weighted by molar-refractivity contribution is 6.15. The molecule has 0 aliphatic carbocycles. The van der Waals surface area contributed by atoms with Crippen molar-refractivity contribution in [1.82, 2.24) is 14.4 Å². The summed E-state index contributed by atoms with van der Waals surface area (Å²) in [5.74, 6) is 0. The highest BCUT2D eigenvalue weighted by atomic mass is 16.1. The van der Waals surface area contributed by atoms with Crippen LogP contribution in [-0.2, 0) is 0 Å². The number of hydrogen-bond donors (Lipinski definition) is 0. The second-order valence-corrected chi connectivity index (χ2v) is 6.15. The number of hydrogen-bond acceptors (Lipinski definition) is 3. The van der Waals surface area contributed by atoms with Crippen molar-refractivity contribution in [1.29, 1.82) is 0 Å². The Balaban J connectivity index is 0.000000358. The molecule has 0 saturated carbocycles. The highest BCUT2D eigenvalue weighted by Crippen LogP contribution is 2.28. The van der Waals surface area contributed by atoms with Gasteiger partial charge in [-0.05, 0) is 17.5 Å². The van der Waals surface area contributed by atoms with Gasteiger partial charge in [0.1, 0.15) is 11.2 Å². The lowest BCUT2D eigenvalue weighted by molar-refractivity contribution is 0.886. The van der Waals surface area contributed by atoms with Crippen LogP contribution < -0.4 is 5.56 Å². The Labute approximate surface area is 145 Å². The summed E-state index contributed by atoms with van der Waals surface area (Å²) in [6, 6.07) is 13.7. The van der Waals surface area contributed by atoms with Crippen LogP contribution in [0.1, 0.15) is 26.7 Å². The Morgan fingerprint density at radius 2 is 1.68 bits per heavy atom. The van der Waals surface area contributed by atoms with Gasteiger partial charge in [0.2, 0.25) is 0 Å². The minimum Gasteiger partial charge on any atom is -0.268 e. The number of aromatic nitrogens is 3. The van der Waals surface area contributed by atoms with Crippen LogP contribution in [0.2, 0.25) is 0 Å². The van der Waals surface area contributed by atoms with Crippen LogP contribution >= 0.6 is 0 Å². The zero-order chi connectivity index (χ0) is 17.4. The van der Waals surface area contributed by atoms with E-state index in [0.717, 1.165) is 32.6 Å². The monoisotopic (exact) mass is 329 g/mol. The van der Waals surface area contributed by atoms with Gasteiger partial charge in [0.15, 0.2) is 0 Å². The summed E-state index contributed by atoms with van der Waals surface area (Å²) in [6.07, 6.45) is 6.02. The molecule has 0 N–H and O–H groups in total. The molecule has 4 nitrogen and oxygen atoms in total. The molecule has 4 heteroatoms. The van der Waals surface area contributed by atoms with Crippen LogP contribution in [0.5, 0.6) is 0 Å². The molecule has 5 aromatic rings. The smallest absolute Gasteiger partial charge is 0.264 e. The second kappa shape index (κ2) is 6.13. The van der Waals surface area contributed by atoms with Crippen molar-refractivity contribution in [2.45, 2.75) is 26.7 Å². The summed E-state index contributed by atoms with van der Waals surface area (Å²) in [5.41, 5.74) is 2.22. The molecule has 2 aromatic carbocycles. The van der Waals surface area contributed by atoms with Crippen LogP contribution in [-0.4, -0.2) is 14.4 Å². The van der Waals surface area contributed by atoms with E-state index in [9.17, 15) is 4.79 Å². The molecule has 0 aliphatic rings. The van der Waals surface area contributed by atoms with Crippen LogP contribution in [0, 0.1) is 0 Å². The van der Waals surface area contributed by atoms with Gasteiger partial charge in [-0.1, -0.05) is 57.0 Å². The number of unbranched alkanes of at least 4 members (excludes halogenated alkanes) is 1. The van der Waals surface area contributed by atoms with Gasteiger partial charge < -0.3 is 0 Å².